The van der Waals surface area contributed by atoms with E-state index in [0.717, 1.165) is 5.39 Å². The molecule has 0 atom stereocenters. The lowest BCUT2D eigenvalue weighted by molar-refractivity contribution is -0.113. The molecule has 0 spiro atoms. The second kappa shape index (κ2) is 9.36. The van der Waals surface area contributed by atoms with Gasteiger partial charge in [-0.1, -0.05) is 52.6 Å². The number of aromatic nitrogens is 3. The van der Waals surface area contributed by atoms with Gasteiger partial charge in [-0.05, 0) is 42.5 Å². The molecule has 0 saturated heterocycles. The average molecular weight is 494 g/mol. The maximum absolute atomic E-state index is 12.4. The molecule has 1 N–H and O–H groups in total. The number of anilines is 1. The van der Waals surface area contributed by atoms with Crippen LogP contribution in [0.5, 0.6) is 0 Å². The van der Waals surface area contributed by atoms with Crippen LogP contribution in [-0.4, -0.2) is 26.4 Å². The minimum atomic E-state index is -0.226. The average Bonchev–Trinajstić information content (AvgIpc) is 3.29. The van der Waals surface area contributed by atoms with Gasteiger partial charge in [0.1, 0.15) is 5.58 Å². The fourth-order valence-corrected chi connectivity index (χ4v) is 4.40. The Labute approximate surface area is 197 Å². The Balaban J connectivity index is 1.52. The van der Waals surface area contributed by atoms with Crippen LogP contribution in [0.2, 0.25) is 15.1 Å². The number of nitrogens with one attached hydrogen (secondary N) is 1. The number of fused-ring (bicyclic) bond motifs is 1. The molecule has 2 heterocycles. The zero-order valence-corrected chi connectivity index (χ0v) is 19.0. The summed E-state index contributed by atoms with van der Waals surface area (Å²) in [7, 11) is 0. The van der Waals surface area contributed by atoms with Gasteiger partial charge in [0.2, 0.25) is 11.7 Å². The first kappa shape index (κ1) is 21.8. The van der Waals surface area contributed by atoms with E-state index in [1.165, 1.54) is 11.8 Å². The van der Waals surface area contributed by atoms with Crippen LogP contribution < -0.4 is 5.32 Å². The Morgan fingerprint density at radius 3 is 2.61 bits per heavy atom. The summed E-state index contributed by atoms with van der Waals surface area (Å²) in [4.78, 5) is 12.4. The van der Waals surface area contributed by atoms with Gasteiger partial charge in [-0.15, -0.1) is 16.8 Å². The van der Waals surface area contributed by atoms with E-state index < -0.39 is 0 Å². The second-order valence-electron chi connectivity index (χ2n) is 6.49. The van der Waals surface area contributed by atoms with Crippen molar-refractivity contribution in [2.45, 2.75) is 11.7 Å². The third-order valence-electron chi connectivity index (χ3n) is 4.21. The lowest BCUT2D eigenvalue weighted by atomic mass is 10.2. The molecular formula is C21H15Cl3N4O2S. The molecule has 1 amide bonds. The number of hydrogen-bond donors (Lipinski definition) is 1. The Kier molecular flexibility index (Phi) is 6.57. The second-order valence-corrected chi connectivity index (χ2v) is 8.75. The third-order valence-corrected chi connectivity index (χ3v) is 5.84. The molecule has 6 nitrogen and oxygen atoms in total. The Morgan fingerprint density at radius 1 is 1.10 bits per heavy atom. The van der Waals surface area contributed by atoms with Crippen LogP contribution in [0.15, 0.2) is 64.7 Å². The molecule has 0 bridgehead atoms. The number of halogens is 3. The minimum absolute atomic E-state index is 0.120. The van der Waals surface area contributed by atoms with Crippen molar-refractivity contribution in [3.05, 3.63) is 70.2 Å². The molecule has 0 aliphatic carbocycles. The lowest BCUT2D eigenvalue weighted by Gasteiger charge is -2.08. The lowest BCUT2D eigenvalue weighted by Crippen LogP contribution is -2.14. The van der Waals surface area contributed by atoms with E-state index in [-0.39, 0.29) is 11.7 Å². The first-order valence-corrected chi connectivity index (χ1v) is 11.2. The smallest absolute Gasteiger partial charge is 0.234 e. The van der Waals surface area contributed by atoms with Gasteiger partial charge in [0.15, 0.2) is 10.9 Å². The fraction of sp³-hybridized carbons (Fsp3) is 0.0952. The SMILES string of the molecule is C=CCn1c(SCC(=O)Nc2cc(Cl)cc(Cl)c2)nnc1-c1cc2cc(Cl)ccc2o1. The predicted octanol–water partition coefficient (Wildman–Crippen LogP) is 6.57. The van der Waals surface area contributed by atoms with Crippen molar-refractivity contribution in [2.24, 2.45) is 0 Å². The molecule has 0 fully saturated rings. The maximum atomic E-state index is 12.4. The first-order chi connectivity index (χ1) is 14.9. The van der Waals surface area contributed by atoms with Crippen LogP contribution in [-0.2, 0) is 11.3 Å². The number of carbonyl (C=O) groups excluding carboxylic acids is 1. The molecular weight excluding hydrogens is 479 g/mol. The largest absolute Gasteiger partial charge is 0.453 e. The van der Waals surface area contributed by atoms with Crippen LogP contribution in [0, 0.1) is 0 Å². The first-order valence-electron chi connectivity index (χ1n) is 9.05. The summed E-state index contributed by atoms with van der Waals surface area (Å²) >= 11 is 19.3. The van der Waals surface area contributed by atoms with Gasteiger partial charge in [-0.2, -0.15) is 0 Å². The zero-order valence-electron chi connectivity index (χ0n) is 15.9. The molecule has 0 aliphatic rings. The van der Waals surface area contributed by atoms with Crippen LogP contribution in [0.1, 0.15) is 0 Å². The van der Waals surface area contributed by atoms with Gasteiger partial charge >= 0.3 is 0 Å². The number of amides is 1. The van der Waals surface area contributed by atoms with Gasteiger partial charge in [0, 0.05) is 32.7 Å². The summed E-state index contributed by atoms with van der Waals surface area (Å²) in [5.74, 6) is 0.986. The highest BCUT2D eigenvalue weighted by Crippen LogP contribution is 2.31. The number of hydrogen-bond acceptors (Lipinski definition) is 5. The highest BCUT2D eigenvalue weighted by molar-refractivity contribution is 7.99. The Bertz CT molecular complexity index is 1260. The summed E-state index contributed by atoms with van der Waals surface area (Å²) in [6.45, 7) is 4.25. The van der Waals surface area contributed by atoms with Gasteiger partial charge in [0.25, 0.3) is 0 Å². The molecule has 158 valence electrons. The van der Waals surface area contributed by atoms with Crippen LogP contribution >= 0.6 is 46.6 Å². The molecule has 31 heavy (non-hydrogen) atoms. The van der Waals surface area contributed by atoms with Crippen molar-refractivity contribution in [2.75, 3.05) is 11.1 Å². The van der Waals surface area contributed by atoms with Gasteiger partial charge in [0.05, 0.1) is 5.75 Å². The van der Waals surface area contributed by atoms with Crippen molar-refractivity contribution in [3.8, 4) is 11.6 Å². The van der Waals surface area contributed by atoms with Gasteiger partial charge in [-0.3, -0.25) is 9.36 Å². The number of benzene rings is 2. The Morgan fingerprint density at radius 2 is 1.87 bits per heavy atom. The number of thioether (sulfide) groups is 1. The summed E-state index contributed by atoms with van der Waals surface area (Å²) in [6.07, 6.45) is 1.73. The number of carbonyl (C=O) groups is 1. The molecule has 0 saturated carbocycles. The molecule has 0 radical (unpaired) electrons. The molecule has 2 aromatic carbocycles. The van der Waals surface area contributed by atoms with Crippen molar-refractivity contribution in [3.63, 3.8) is 0 Å². The van der Waals surface area contributed by atoms with E-state index >= 15 is 0 Å². The van der Waals surface area contributed by atoms with Gasteiger partial charge in [-0.25, -0.2) is 0 Å². The molecule has 0 unspecified atom stereocenters. The van der Waals surface area contributed by atoms with Crippen molar-refractivity contribution in [1.82, 2.24) is 14.8 Å². The normalized spacial score (nSPS) is 11.1. The summed E-state index contributed by atoms with van der Waals surface area (Å²) in [5, 5.41) is 14.2. The van der Waals surface area contributed by atoms with E-state index in [9.17, 15) is 4.79 Å². The number of rotatable bonds is 7. The summed E-state index contributed by atoms with van der Waals surface area (Å²) < 4.78 is 7.74. The Hall–Kier alpha value is -2.45. The van der Waals surface area contributed by atoms with Crippen LogP contribution in [0.3, 0.4) is 0 Å². The molecule has 10 heteroatoms. The van der Waals surface area contributed by atoms with Gasteiger partial charge < -0.3 is 9.73 Å². The molecule has 0 aliphatic heterocycles. The topological polar surface area (TPSA) is 73.0 Å². The minimum Gasteiger partial charge on any atom is -0.453 e. The highest BCUT2D eigenvalue weighted by atomic mass is 35.5. The number of furan rings is 1. The predicted molar refractivity (Wildman–Crippen MR) is 126 cm³/mol. The molecule has 4 aromatic rings. The van der Waals surface area contributed by atoms with E-state index in [0.29, 0.717) is 49.6 Å². The summed E-state index contributed by atoms with van der Waals surface area (Å²) in [6, 6.07) is 12.1. The molecule has 2 aromatic heterocycles. The number of nitrogens with zero attached hydrogens (tertiary/aromatic N) is 3. The zero-order chi connectivity index (χ0) is 22.0. The number of allylic oxidation sites excluding steroid dienone is 1. The highest BCUT2D eigenvalue weighted by Gasteiger charge is 2.18. The van der Waals surface area contributed by atoms with Crippen molar-refractivity contribution < 1.29 is 9.21 Å². The van der Waals surface area contributed by atoms with E-state index in [1.807, 2.05) is 16.7 Å². The van der Waals surface area contributed by atoms with Crippen molar-refractivity contribution >= 4 is 69.1 Å². The molecule has 4 rings (SSSR count). The van der Waals surface area contributed by atoms with Crippen molar-refractivity contribution in [1.29, 1.82) is 0 Å². The standard InChI is InChI=1S/C21H15Cl3N4O2S/c1-2-5-28-20(18-7-12-6-13(22)3-4-17(12)30-18)26-27-21(28)31-11-19(29)25-16-9-14(23)8-15(24)10-16/h2-4,6-10H,1,5,11H2,(H,25,29). The monoisotopic (exact) mass is 492 g/mol. The third kappa shape index (κ3) is 5.07. The fourth-order valence-electron chi connectivity index (χ4n) is 2.95. The van der Waals surface area contributed by atoms with E-state index in [2.05, 4.69) is 22.1 Å². The van der Waals surface area contributed by atoms with E-state index in [4.69, 9.17) is 39.2 Å². The quantitative estimate of drug-likeness (QED) is 0.233. The van der Waals surface area contributed by atoms with Crippen LogP contribution in [0.25, 0.3) is 22.6 Å². The summed E-state index contributed by atoms with van der Waals surface area (Å²) in [5.41, 5.74) is 1.22. The van der Waals surface area contributed by atoms with E-state index in [1.54, 1.807) is 36.4 Å². The van der Waals surface area contributed by atoms with Crippen LogP contribution in [0.4, 0.5) is 5.69 Å². The maximum Gasteiger partial charge on any atom is 0.234 e.